The van der Waals surface area contributed by atoms with Crippen LogP contribution in [0.25, 0.3) is 0 Å². The fourth-order valence-electron chi connectivity index (χ4n) is 3.73. The molecule has 7 nitrogen and oxygen atoms in total. The Morgan fingerprint density at radius 3 is 2.66 bits per heavy atom. The maximum Gasteiger partial charge on any atom is 0.338 e. The number of rotatable bonds is 9. The van der Waals surface area contributed by atoms with Crippen LogP contribution in [0.2, 0.25) is 10.0 Å². The fourth-order valence-corrected chi connectivity index (χ4v) is 5.10. The first-order valence-electron chi connectivity index (χ1n) is 11.2. The number of anilines is 1. The van der Waals surface area contributed by atoms with Crippen LogP contribution in [-0.4, -0.2) is 33.6 Å². The number of carbonyl (C=O) groups is 1. The number of nitrogens with one attached hydrogen (secondary N) is 1. The summed E-state index contributed by atoms with van der Waals surface area (Å²) >= 11 is 13.8. The highest BCUT2D eigenvalue weighted by molar-refractivity contribution is 7.99. The van der Waals surface area contributed by atoms with Crippen LogP contribution >= 0.6 is 35.0 Å². The summed E-state index contributed by atoms with van der Waals surface area (Å²) in [5, 5.41) is 9.71. The molecule has 0 fully saturated rings. The van der Waals surface area contributed by atoms with E-state index in [9.17, 15) is 4.79 Å². The van der Waals surface area contributed by atoms with Gasteiger partial charge >= 0.3 is 5.97 Å². The summed E-state index contributed by atoms with van der Waals surface area (Å²) in [6.07, 6.45) is 2.19. The largest absolute Gasteiger partial charge is 0.489 e. The minimum absolute atomic E-state index is 0.306. The van der Waals surface area contributed by atoms with Gasteiger partial charge in [-0.05, 0) is 43.2 Å². The normalized spacial score (nSPS) is 14.9. The lowest BCUT2D eigenvalue weighted by molar-refractivity contribution is -0.136. The molecule has 1 N–H and O–H groups in total. The van der Waals surface area contributed by atoms with Gasteiger partial charge in [-0.2, -0.15) is 4.98 Å². The first kappa shape index (κ1) is 25.4. The Morgan fingerprint density at radius 1 is 1.20 bits per heavy atom. The fraction of sp³-hybridized carbons (Fsp3) is 0.320. The van der Waals surface area contributed by atoms with E-state index in [-0.39, 0.29) is 0 Å². The molecule has 0 bridgehead atoms. The maximum absolute atomic E-state index is 12.7. The van der Waals surface area contributed by atoms with Crippen LogP contribution < -0.4 is 10.1 Å². The van der Waals surface area contributed by atoms with E-state index in [1.807, 2.05) is 37.3 Å². The topological polar surface area (TPSA) is 78.3 Å². The van der Waals surface area contributed by atoms with E-state index in [0.717, 1.165) is 29.7 Å². The molecule has 0 amide bonds. The zero-order valence-corrected chi connectivity index (χ0v) is 22.0. The number of carbonyl (C=O) groups excluding carboxylic acids is 1. The van der Waals surface area contributed by atoms with Gasteiger partial charge in [0.15, 0.2) is 0 Å². The van der Waals surface area contributed by atoms with E-state index in [1.54, 1.807) is 28.6 Å². The van der Waals surface area contributed by atoms with Gasteiger partial charge in [0.05, 0.1) is 12.7 Å². The lowest BCUT2D eigenvalue weighted by atomic mass is 9.96. The zero-order valence-electron chi connectivity index (χ0n) is 19.7. The lowest BCUT2D eigenvalue weighted by Gasteiger charge is -2.27. The lowest BCUT2D eigenvalue weighted by Crippen LogP contribution is -2.29. The average Bonchev–Trinajstić information content (AvgIpc) is 3.25. The molecule has 0 aliphatic carbocycles. The number of hydrogen-bond acceptors (Lipinski definition) is 7. The molecule has 10 heteroatoms. The highest BCUT2D eigenvalue weighted by Gasteiger charge is 2.35. The number of halogens is 2. The molecule has 2 heterocycles. The number of methoxy groups -OCH3 is 1. The molecule has 0 saturated heterocycles. The Bertz CT molecular complexity index is 1240. The third-order valence-electron chi connectivity index (χ3n) is 5.57. The molecule has 35 heavy (non-hydrogen) atoms. The Balaban J connectivity index is 1.60. The number of thioether (sulfide) groups is 1. The molecule has 1 aliphatic rings. The third-order valence-corrected chi connectivity index (χ3v) is 7.08. The molecule has 184 valence electrons. The maximum atomic E-state index is 12.7. The summed E-state index contributed by atoms with van der Waals surface area (Å²) in [6.45, 7) is 4.30. The average molecular weight is 533 g/mol. The van der Waals surface area contributed by atoms with Gasteiger partial charge < -0.3 is 14.8 Å². The van der Waals surface area contributed by atoms with Gasteiger partial charge in [-0.25, -0.2) is 9.48 Å². The summed E-state index contributed by atoms with van der Waals surface area (Å²) in [5.74, 6) is 1.78. The molecular weight excluding hydrogens is 507 g/mol. The molecule has 0 spiro atoms. The van der Waals surface area contributed by atoms with Crippen LogP contribution in [-0.2, 0) is 16.1 Å². The number of benzene rings is 2. The zero-order chi connectivity index (χ0) is 24.9. The summed E-state index contributed by atoms with van der Waals surface area (Å²) < 4.78 is 12.8. The van der Waals surface area contributed by atoms with Gasteiger partial charge in [0.25, 0.3) is 0 Å². The first-order chi connectivity index (χ1) is 16.9. The predicted molar refractivity (Wildman–Crippen MR) is 139 cm³/mol. The van der Waals surface area contributed by atoms with E-state index in [0.29, 0.717) is 44.8 Å². The molecule has 4 rings (SSSR count). The summed E-state index contributed by atoms with van der Waals surface area (Å²) in [5.41, 5.74) is 2.87. The minimum Gasteiger partial charge on any atom is -0.489 e. The highest BCUT2D eigenvalue weighted by Crippen LogP contribution is 2.37. The van der Waals surface area contributed by atoms with Crippen molar-refractivity contribution in [2.75, 3.05) is 18.2 Å². The van der Waals surface area contributed by atoms with Gasteiger partial charge in [-0.3, -0.25) is 0 Å². The second-order valence-electron chi connectivity index (χ2n) is 8.02. The van der Waals surface area contributed by atoms with E-state index < -0.39 is 12.0 Å². The van der Waals surface area contributed by atoms with Crippen molar-refractivity contribution in [1.82, 2.24) is 14.8 Å². The molecule has 1 aromatic heterocycles. The van der Waals surface area contributed by atoms with Crippen molar-refractivity contribution in [3.8, 4) is 5.75 Å². The number of esters is 1. The standard InChI is InChI=1S/C25H26Cl2N4O3S/c1-4-5-12-35-25-29-24-28-15(2)21(23(32)33-3)22(31(24)30-25)16-7-10-19(11-8-16)34-14-17-6-9-18(26)13-20(17)27/h6-11,13,22H,4-5,12,14H2,1-3H3,(H,28,29,30). The van der Waals surface area contributed by atoms with Crippen LogP contribution in [0.4, 0.5) is 5.95 Å². The third kappa shape index (κ3) is 5.77. The summed E-state index contributed by atoms with van der Waals surface area (Å²) in [7, 11) is 1.38. The van der Waals surface area contributed by atoms with Crippen molar-refractivity contribution in [3.05, 3.63) is 74.9 Å². The monoisotopic (exact) mass is 532 g/mol. The number of allylic oxidation sites excluding steroid dienone is 1. The number of nitrogens with zero attached hydrogens (tertiary/aromatic N) is 3. The number of hydrogen-bond donors (Lipinski definition) is 1. The van der Waals surface area contributed by atoms with Crippen molar-refractivity contribution in [2.24, 2.45) is 0 Å². The van der Waals surface area contributed by atoms with Gasteiger partial charge in [0, 0.05) is 27.1 Å². The number of fused-ring (bicyclic) bond motifs is 1. The quantitative estimate of drug-likeness (QED) is 0.191. The van der Waals surface area contributed by atoms with Gasteiger partial charge in [0.1, 0.15) is 18.4 Å². The van der Waals surface area contributed by atoms with E-state index >= 15 is 0 Å². The van der Waals surface area contributed by atoms with Crippen molar-refractivity contribution >= 4 is 46.9 Å². The van der Waals surface area contributed by atoms with Gasteiger partial charge in [-0.1, -0.05) is 66.5 Å². The smallest absolute Gasteiger partial charge is 0.338 e. The molecular formula is C25H26Cl2N4O3S. The van der Waals surface area contributed by atoms with Crippen molar-refractivity contribution in [2.45, 2.75) is 44.5 Å². The number of unbranched alkanes of at least 4 members (excludes halogenated alkanes) is 1. The van der Waals surface area contributed by atoms with E-state index in [2.05, 4.69) is 17.2 Å². The SMILES string of the molecule is CCCCSc1nc2n(n1)C(c1ccc(OCc3ccc(Cl)cc3Cl)cc1)C(C(=O)OC)=C(C)N2. The second kappa shape index (κ2) is 11.4. The molecule has 3 aromatic rings. The molecule has 0 saturated carbocycles. The molecule has 2 aromatic carbocycles. The van der Waals surface area contributed by atoms with Gasteiger partial charge in [-0.15, -0.1) is 5.10 Å². The molecule has 0 radical (unpaired) electrons. The van der Waals surface area contributed by atoms with Crippen LogP contribution in [0.15, 0.2) is 58.9 Å². The Kier molecular flexibility index (Phi) is 8.26. The molecule has 1 unspecified atom stereocenters. The van der Waals surface area contributed by atoms with E-state index in [4.69, 9.17) is 37.8 Å². The van der Waals surface area contributed by atoms with Crippen LogP contribution in [0.3, 0.4) is 0 Å². The van der Waals surface area contributed by atoms with Crippen LogP contribution in [0.1, 0.15) is 43.9 Å². The summed E-state index contributed by atoms with van der Waals surface area (Å²) in [4.78, 5) is 17.4. The first-order valence-corrected chi connectivity index (χ1v) is 13.0. The highest BCUT2D eigenvalue weighted by atomic mass is 35.5. The van der Waals surface area contributed by atoms with Crippen LogP contribution in [0, 0.1) is 0 Å². The van der Waals surface area contributed by atoms with Crippen molar-refractivity contribution in [1.29, 1.82) is 0 Å². The van der Waals surface area contributed by atoms with Crippen molar-refractivity contribution in [3.63, 3.8) is 0 Å². The predicted octanol–water partition coefficient (Wildman–Crippen LogP) is 6.52. The van der Waals surface area contributed by atoms with E-state index in [1.165, 1.54) is 7.11 Å². The Labute approximate surface area is 218 Å². The Hall–Kier alpha value is -2.68. The number of aromatic nitrogens is 3. The minimum atomic E-state index is -0.480. The second-order valence-corrected chi connectivity index (χ2v) is 9.92. The van der Waals surface area contributed by atoms with Gasteiger partial charge in [0.2, 0.25) is 11.1 Å². The Morgan fingerprint density at radius 2 is 1.97 bits per heavy atom. The molecule has 1 atom stereocenters. The molecule has 1 aliphatic heterocycles. The van der Waals surface area contributed by atoms with Crippen LogP contribution in [0.5, 0.6) is 5.75 Å². The van der Waals surface area contributed by atoms with Crippen molar-refractivity contribution < 1.29 is 14.3 Å². The summed E-state index contributed by atoms with van der Waals surface area (Å²) in [6, 6.07) is 12.4. The number of ether oxygens (including phenoxy) is 2.